The molecule has 1 atom stereocenters. The van der Waals surface area contributed by atoms with Gasteiger partial charge in [-0.2, -0.15) is 0 Å². The van der Waals surface area contributed by atoms with Gasteiger partial charge in [0.25, 0.3) is 0 Å². The second-order valence-corrected chi connectivity index (χ2v) is 6.96. The van der Waals surface area contributed by atoms with E-state index in [1.165, 1.54) is 11.1 Å². The highest BCUT2D eigenvalue weighted by Crippen LogP contribution is 2.25. The van der Waals surface area contributed by atoms with Gasteiger partial charge in [-0.1, -0.05) is 28.7 Å². The molecule has 1 aliphatic rings. The molecule has 1 aliphatic carbocycles. The van der Waals surface area contributed by atoms with Gasteiger partial charge in [0.1, 0.15) is 16.1 Å². The second kappa shape index (κ2) is 4.22. The van der Waals surface area contributed by atoms with E-state index in [1.54, 1.807) is 0 Å². The van der Waals surface area contributed by atoms with Gasteiger partial charge in [0.05, 0.1) is 5.71 Å². The fourth-order valence-electron chi connectivity index (χ4n) is 1.74. The van der Waals surface area contributed by atoms with Gasteiger partial charge in [-0.05, 0) is 39.2 Å². The average Bonchev–Trinajstić information content (AvgIpc) is 2.61. The SMILES string of the molecule is CC(C)(C)[S+]([O-])N=C1CCc2ccccc21. The molecule has 0 aromatic heterocycles. The quantitative estimate of drug-likeness (QED) is 0.689. The Morgan fingerprint density at radius 3 is 2.56 bits per heavy atom. The highest BCUT2D eigenvalue weighted by atomic mass is 32.2. The van der Waals surface area contributed by atoms with Crippen LogP contribution in [0.2, 0.25) is 0 Å². The summed E-state index contributed by atoms with van der Waals surface area (Å²) in [5.74, 6) is 0. The summed E-state index contributed by atoms with van der Waals surface area (Å²) in [6.45, 7) is 5.86. The molecule has 3 heteroatoms. The average molecular weight is 235 g/mol. The molecule has 0 amide bonds. The third kappa shape index (κ3) is 2.30. The summed E-state index contributed by atoms with van der Waals surface area (Å²) >= 11 is -1.15. The number of aryl methyl sites for hydroxylation is 1. The molecule has 0 heterocycles. The lowest BCUT2D eigenvalue weighted by Crippen LogP contribution is -2.26. The summed E-state index contributed by atoms with van der Waals surface area (Å²) in [5.41, 5.74) is 3.51. The van der Waals surface area contributed by atoms with E-state index < -0.39 is 11.4 Å². The fourth-order valence-corrected chi connectivity index (χ4v) is 2.40. The highest BCUT2D eigenvalue weighted by molar-refractivity contribution is 7.91. The van der Waals surface area contributed by atoms with Gasteiger partial charge in [-0.15, -0.1) is 0 Å². The van der Waals surface area contributed by atoms with Crippen LogP contribution in [0.4, 0.5) is 0 Å². The fraction of sp³-hybridized carbons (Fsp3) is 0.462. The summed E-state index contributed by atoms with van der Waals surface area (Å²) in [7, 11) is 0. The number of hydrogen-bond acceptors (Lipinski definition) is 2. The Kier molecular flexibility index (Phi) is 3.08. The zero-order chi connectivity index (χ0) is 11.8. The Morgan fingerprint density at radius 1 is 1.19 bits per heavy atom. The predicted octanol–water partition coefficient (Wildman–Crippen LogP) is 2.88. The molecule has 0 bridgehead atoms. The normalized spacial score (nSPS) is 19.9. The van der Waals surface area contributed by atoms with Gasteiger partial charge in [0.2, 0.25) is 0 Å². The molecule has 2 nitrogen and oxygen atoms in total. The predicted molar refractivity (Wildman–Crippen MR) is 69.2 cm³/mol. The van der Waals surface area contributed by atoms with Crippen LogP contribution in [0.15, 0.2) is 28.7 Å². The Labute approximate surface area is 100 Å². The standard InChI is InChI=1S/C13H17NOS/c1-13(2,3)16(15)14-12-9-8-10-6-4-5-7-11(10)12/h4-7H,8-9H2,1-3H3. The highest BCUT2D eigenvalue weighted by Gasteiger charge is 2.29. The van der Waals surface area contributed by atoms with Crippen LogP contribution in [-0.2, 0) is 17.8 Å². The van der Waals surface area contributed by atoms with Gasteiger partial charge < -0.3 is 4.55 Å². The van der Waals surface area contributed by atoms with Crippen LogP contribution in [-0.4, -0.2) is 15.0 Å². The Morgan fingerprint density at radius 2 is 1.88 bits per heavy atom. The third-order valence-electron chi connectivity index (χ3n) is 2.68. The van der Waals surface area contributed by atoms with Crippen LogP contribution in [0.3, 0.4) is 0 Å². The molecule has 2 rings (SSSR count). The molecule has 1 aromatic carbocycles. The Bertz CT molecular complexity index is 420. The first-order chi connectivity index (χ1) is 7.48. The van der Waals surface area contributed by atoms with Crippen LogP contribution in [0.5, 0.6) is 0 Å². The molecule has 1 unspecified atom stereocenters. The maximum absolute atomic E-state index is 12.0. The first-order valence-electron chi connectivity index (χ1n) is 5.56. The number of nitrogens with zero attached hydrogens (tertiary/aromatic N) is 1. The van der Waals surface area contributed by atoms with Crippen molar-refractivity contribution in [3.05, 3.63) is 35.4 Å². The maximum Gasteiger partial charge on any atom is 0.144 e. The second-order valence-electron chi connectivity index (χ2n) is 5.06. The molecule has 0 spiro atoms. The van der Waals surface area contributed by atoms with Gasteiger partial charge in [0.15, 0.2) is 0 Å². The topological polar surface area (TPSA) is 35.4 Å². The molecule has 0 radical (unpaired) electrons. The lowest BCUT2D eigenvalue weighted by atomic mass is 10.1. The van der Waals surface area contributed by atoms with Gasteiger partial charge in [-0.3, -0.25) is 0 Å². The van der Waals surface area contributed by atoms with Crippen LogP contribution in [0, 0.1) is 0 Å². The van der Waals surface area contributed by atoms with E-state index in [0.29, 0.717) is 0 Å². The lowest BCUT2D eigenvalue weighted by molar-refractivity contribution is 0.561. The van der Waals surface area contributed by atoms with Crippen molar-refractivity contribution in [2.45, 2.75) is 38.4 Å². The number of hydrogen-bond donors (Lipinski definition) is 0. The molecule has 1 aromatic rings. The summed E-state index contributed by atoms with van der Waals surface area (Å²) < 4.78 is 16.1. The number of fused-ring (bicyclic) bond motifs is 1. The largest absolute Gasteiger partial charge is 0.591 e. The minimum absolute atomic E-state index is 0.273. The third-order valence-corrected chi connectivity index (χ3v) is 4.11. The van der Waals surface area contributed by atoms with Crippen molar-refractivity contribution >= 4 is 17.1 Å². The van der Waals surface area contributed by atoms with Crippen LogP contribution >= 0.6 is 0 Å². The molecule has 86 valence electrons. The van der Waals surface area contributed by atoms with E-state index in [-0.39, 0.29) is 4.75 Å². The van der Waals surface area contributed by atoms with Crippen LogP contribution in [0.1, 0.15) is 38.3 Å². The van der Waals surface area contributed by atoms with Crippen molar-refractivity contribution in [2.75, 3.05) is 0 Å². The minimum Gasteiger partial charge on any atom is -0.591 e. The zero-order valence-corrected chi connectivity index (χ0v) is 10.8. The minimum atomic E-state index is -1.15. The molecular formula is C13H17NOS. The van der Waals surface area contributed by atoms with E-state index in [9.17, 15) is 4.55 Å². The van der Waals surface area contributed by atoms with Crippen molar-refractivity contribution < 1.29 is 4.55 Å². The molecule has 0 saturated carbocycles. The maximum atomic E-state index is 12.0. The summed E-state index contributed by atoms with van der Waals surface area (Å²) in [6.07, 6.45) is 1.94. The van der Waals surface area contributed by atoms with Crippen molar-refractivity contribution in [1.82, 2.24) is 0 Å². The van der Waals surface area contributed by atoms with Crippen molar-refractivity contribution in [2.24, 2.45) is 4.40 Å². The Hall–Kier alpha value is -0.800. The molecule has 0 N–H and O–H groups in total. The monoisotopic (exact) mass is 235 g/mol. The van der Waals surface area contributed by atoms with Crippen molar-refractivity contribution in [1.29, 1.82) is 0 Å². The lowest BCUT2D eigenvalue weighted by Gasteiger charge is -2.18. The number of benzene rings is 1. The molecule has 0 saturated heterocycles. The van der Waals surface area contributed by atoms with Crippen LogP contribution in [0.25, 0.3) is 0 Å². The zero-order valence-electron chi connectivity index (χ0n) is 9.99. The molecule has 0 fully saturated rings. The number of rotatable bonds is 1. The van der Waals surface area contributed by atoms with Crippen molar-refractivity contribution in [3.63, 3.8) is 0 Å². The summed E-state index contributed by atoms with van der Waals surface area (Å²) in [4.78, 5) is 0. The first-order valence-corrected chi connectivity index (χ1v) is 6.67. The van der Waals surface area contributed by atoms with E-state index in [2.05, 4.69) is 16.5 Å². The van der Waals surface area contributed by atoms with Crippen molar-refractivity contribution in [3.8, 4) is 0 Å². The first kappa shape index (κ1) is 11.7. The van der Waals surface area contributed by atoms with E-state index in [1.807, 2.05) is 32.9 Å². The smallest absolute Gasteiger partial charge is 0.144 e. The van der Waals surface area contributed by atoms with E-state index in [4.69, 9.17) is 0 Å². The molecule has 16 heavy (non-hydrogen) atoms. The van der Waals surface area contributed by atoms with Gasteiger partial charge in [0, 0.05) is 5.56 Å². The van der Waals surface area contributed by atoms with E-state index >= 15 is 0 Å². The van der Waals surface area contributed by atoms with Crippen LogP contribution < -0.4 is 0 Å². The van der Waals surface area contributed by atoms with Gasteiger partial charge >= 0.3 is 0 Å². The van der Waals surface area contributed by atoms with E-state index in [0.717, 1.165) is 18.6 Å². The summed E-state index contributed by atoms with van der Waals surface area (Å²) in [6, 6.07) is 8.25. The molecule has 0 aliphatic heterocycles. The summed E-state index contributed by atoms with van der Waals surface area (Å²) in [5, 5.41) is 0. The molecular weight excluding hydrogens is 218 g/mol. The van der Waals surface area contributed by atoms with Gasteiger partial charge in [-0.25, -0.2) is 0 Å². The Balaban J connectivity index is 2.29.